The quantitative estimate of drug-likeness (QED) is 0.333. The van der Waals surface area contributed by atoms with Gasteiger partial charge in [0.25, 0.3) is 0 Å². The first-order valence-corrected chi connectivity index (χ1v) is 2.88. The number of guanidine groups is 1. The molecule has 0 heterocycles. The van der Waals surface area contributed by atoms with Crippen molar-refractivity contribution in [3.05, 3.63) is 0 Å². The fourth-order valence-electron chi connectivity index (χ4n) is 0.550. The van der Waals surface area contributed by atoms with Crippen molar-refractivity contribution in [3.8, 4) is 0 Å². The Bertz CT molecular complexity index is 150. The molecule has 5 nitrogen and oxygen atoms in total. The smallest absolute Gasteiger partial charge is 0.218 e. The van der Waals surface area contributed by atoms with Crippen molar-refractivity contribution in [2.45, 2.75) is 20.0 Å². The second-order valence-corrected chi connectivity index (χ2v) is 1.93. The highest BCUT2D eigenvalue weighted by Crippen LogP contribution is 1.80. The number of nitrogens with two attached hydrogens (primary N) is 2. The van der Waals surface area contributed by atoms with Gasteiger partial charge in [0.2, 0.25) is 5.91 Å². The van der Waals surface area contributed by atoms with Crippen molar-refractivity contribution in [1.82, 2.24) is 5.32 Å². The predicted octanol–water partition coefficient (Wildman–Crippen LogP) is -1.26. The first-order chi connectivity index (χ1) is 4.52. The number of hydrogen-bond acceptors (Lipinski definition) is 2. The van der Waals surface area contributed by atoms with E-state index >= 15 is 0 Å². The molecule has 0 aliphatic carbocycles. The first-order valence-electron chi connectivity index (χ1n) is 2.88. The summed E-state index contributed by atoms with van der Waals surface area (Å²) in [5, 5.41) is 2.49. The fraction of sp³-hybridized carbons (Fsp3) is 0.600. The molecule has 0 bridgehead atoms. The maximum absolute atomic E-state index is 10.4. The minimum absolute atomic E-state index is 0.0266. The van der Waals surface area contributed by atoms with E-state index in [1.807, 2.05) is 0 Å². The lowest BCUT2D eigenvalue weighted by molar-refractivity contribution is -0.119. The molecular formula is C5H12N4O. The van der Waals surface area contributed by atoms with Crippen LogP contribution in [0.15, 0.2) is 4.99 Å². The number of nitrogens with zero attached hydrogens (tertiary/aromatic N) is 1. The molecule has 0 rings (SSSR count). The number of amides is 1. The molecule has 5 heteroatoms. The van der Waals surface area contributed by atoms with Gasteiger partial charge in [0, 0.05) is 6.92 Å². The summed E-state index contributed by atoms with van der Waals surface area (Å²) in [7, 11) is 0. The third-order valence-corrected chi connectivity index (χ3v) is 0.755. The molecule has 0 aromatic carbocycles. The van der Waals surface area contributed by atoms with Crippen LogP contribution >= 0.6 is 0 Å². The largest absolute Gasteiger partial charge is 0.370 e. The minimum Gasteiger partial charge on any atom is -0.370 e. The van der Waals surface area contributed by atoms with Crippen molar-refractivity contribution in [2.75, 3.05) is 0 Å². The van der Waals surface area contributed by atoms with Crippen LogP contribution < -0.4 is 16.8 Å². The second kappa shape index (κ2) is 3.71. The summed E-state index contributed by atoms with van der Waals surface area (Å²) in [5.41, 5.74) is 10.1. The van der Waals surface area contributed by atoms with Crippen molar-refractivity contribution in [3.63, 3.8) is 0 Å². The Morgan fingerprint density at radius 3 is 2.40 bits per heavy atom. The molecule has 0 aromatic rings. The molecular weight excluding hydrogens is 132 g/mol. The van der Waals surface area contributed by atoms with Crippen molar-refractivity contribution in [2.24, 2.45) is 16.5 Å². The monoisotopic (exact) mass is 144 g/mol. The molecule has 0 aromatic heterocycles. The van der Waals surface area contributed by atoms with E-state index in [2.05, 4.69) is 10.3 Å². The van der Waals surface area contributed by atoms with Crippen LogP contribution in [-0.2, 0) is 4.79 Å². The van der Waals surface area contributed by atoms with Crippen LogP contribution in [0.1, 0.15) is 13.8 Å². The minimum atomic E-state index is -0.345. The molecule has 0 fully saturated rings. The lowest BCUT2D eigenvalue weighted by Crippen LogP contribution is -2.33. The Morgan fingerprint density at radius 2 is 2.10 bits per heavy atom. The Hall–Kier alpha value is -1.26. The molecule has 0 aliphatic rings. The summed E-state index contributed by atoms with van der Waals surface area (Å²) in [4.78, 5) is 14.0. The lowest BCUT2D eigenvalue weighted by Gasteiger charge is -2.05. The molecule has 58 valence electrons. The van der Waals surface area contributed by atoms with E-state index in [0.29, 0.717) is 0 Å². The Balaban J connectivity index is 3.75. The van der Waals surface area contributed by atoms with Gasteiger partial charge in [0.05, 0.1) is 0 Å². The van der Waals surface area contributed by atoms with Crippen LogP contribution in [0.4, 0.5) is 0 Å². The van der Waals surface area contributed by atoms with E-state index in [1.165, 1.54) is 6.92 Å². The standard InChI is InChI=1S/C5H12N4O/c1-3(8-4(2)10)9-5(6)7/h3H,1-2H3,(H,8,10)(H4,6,7,9). The molecule has 5 N–H and O–H groups in total. The number of hydrogen-bond donors (Lipinski definition) is 3. The zero-order chi connectivity index (χ0) is 8.15. The van der Waals surface area contributed by atoms with Gasteiger partial charge in [0.15, 0.2) is 5.96 Å². The van der Waals surface area contributed by atoms with Gasteiger partial charge in [-0.2, -0.15) is 0 Å². The molecule has 0 spiro atoms. The van der Waals surface area contributed by atoms with Crippen LogP contribution in [0.2, 0.25) is 0 Å². The molecule has 1 atom stereocenters. The molecule has 1 unspecified atom stereocenters. The third kappa shape index (κ3) is 4.89. The first kappa shape index (κ1) is 8.74. The Labute approximate surface area is 59.5 Å². The molecule has 0 radical (unpaired) electrons. The van der Waals surface area contributed by atoms with Gasteiger partial charge in [-0.25, -0.2) is 4.99 Å². The fourth-order valence-corrected chi connectivity index (χ4v) is 0.550. The van der Waals surface area contributed by atoms with Crippen molar-refractivity contribution >= 4 is 11.9 Å². The number of carbonyl (C=O) groups is 1. The number of nitrogens with one attached hydrogen (secondary N) is 1. The van der Waals surface area contributed by atoms with Gasteiger partial charge >= 0.3 is 0 Å². The number of aliphatic imine (C=N–C) groups is 1. The molecule has 0 aliphatic heterocycles. The number of rotatable bonds is 2. The summed E-state index contributed by atoms with van der Waals surface area (Å²) >= 11 is 0. The summed E-state index contributed by atoms with van der Waals surface area (Å²) in [6.45, 7) is 3.08. The van der Waals surface area contributed by atoms with Gasteiger partial charge in [-0.05, 0) is 6.92 Å². The highest BCUT2D eigenvalue weighted by Gasteiger charge is 1.98. The third-order valence-electron chi connectivity index (χ3n) is 0.755. The van der Waals surface area contributed by atoms with Gasteiger partial charge < -0.3 is 16.8 Å². The molecule has 0 saturated heterocycles. The average molecular weight is 144 g/mol. The topological polar surface area (TPSA) is 93.5 Å². The Morgan fingerprint density at radius 1 is 1.60 bits per heavy atom. The van der Waals surface area contributed by atoms with Crippen LogP contribution in [0.5, 0.6) is 0 Å². The highest BCUT2D eigenvalue weighted by atomic mass is 16.1. The summed E-state index contributed by atoms with van der Waals surface area (Å²) in [5.74, 6) is -0.182. The van der Waals surface area contributed by atoms with E-state index in [9.17, 15) is 4.79 Å². The lowest BCUT2D eigenvalue weighted by atomic mass is 10.5. The number of carbonyl (C=O) groups excluding carboxylic acids is 1. The summed E-state index contributed by atoms with van der Waals surface area (Å²) in [6, 6.07) is 0. The maximum Gasteiger partial charge on any atom is 0.218 e. The van der Waals surface area contributed by atoms with Gasteiger partial charge in [-0.3, -0.25) is 4.79 Å². The van der Waals surface area contributed by atoms with E-state index in [0.717, 1.165) is 0 Å². The van der Waals surface area contributed by atoms with Crippen LogP contribution in [0.25, 0.3) is 0 Å². The summed E-state index contributed by atoms with van der Waals surface area (Å²) < 4.78 is 0. The van der Waals surface area contributed by atoms with Crippen molar-refractivity contribution < 1.29 is 4.79 Å². The normalized spacial score (nSPS) is 11.8. The average Bonchev–Trinajstić information content (AvgIpc) is 1.58. The molecule has 10 heavy (non-hydrogen) atoms. The van der Waals surface area contributed by atoms with E-state index in [-0.39, 0.29) is 18.0 Å². The van der Waals surface area contributed by atoms with Crippen LogP contribution in [-0.4, -0.2) is 18.0 Å². The van der Waals surface area contributed by atoms with Crippen LogP contribution in [0.3, 0.4) is 0 Å². The van der Waals surface area contributed by atoms with E-state index in [4.69, 9.17) is 11.5 Å². The zero-order valence-corrected chi connectivity index (χ0v) is 6.09. The highest BCUT2D eigenvalue weighted by molar-refractivity contribution is 5.77. The summed E-state index contributed by atoms with van der Waals surface area (Å²) in [6.07, 6.45) is -0.345. The van der Waals surface area contributed by atoms with Gasteiger partial charge in [-0.1, -0.05) is 0 Å². The van der Waals surface area contributed by atoms with Crippen molar-refractivity contribution in [1.29, 1.82) is 0 Å². The Kier molecular flexibility index (Phi) is 3.24. The van der Waals surface area contributed by atoms with E-state index in [1.54, 1.807) is 6.92 Å². The predicted molar refractivity (Wildman–Crippen MR) is 39.1 cm³/mol. The van der Waals surface area contributed by atoms with Crippen LogP contribution in [0, 0.1) is 0 Å². The molecule has 0 saturated carbocycles. The maximum atomic E-state index is 10.4. The second-order valence-electron chi connectivity index (χ2n) is 1.93. The van der Waals surface area contributed by atoms with E-state index < -0.39 is 0 Å². The molecule has 1 amide bonds. The SMILES string of the molecule is CC(=O)NC(C)N=C(N)N. The van der Waals surface area contributed by atoms with Gasteiger partial charge in [0.1, 0.15) is 6.17 Å². The zero-order valence-electron chi connectivity index (χ0n) is 6.09. The van der Waals surface area contributed by atoms with Gasteiger partial charge in [-0.15, -0.1) is 0 Å².